The summed E-state index contributed by atoms with van der Waals surface area (Å²) in [5.74, 6) is -0.917. The zero-order chi connectivity index (χ0) is 38.7. The van der Waals surface area contributed by atoms with Crippen LogP contribution in [0, 0.1) is 0 Å². The van der Waals surface area contributed by atoms with Crippen molar-refractivity contribution in [2.24, 2.45) is 0 Å². The van der Waals surface area contributed by atoms with Crippen molar-refractivity contribution in [2.45, 2.75) is 232 Å². The average molecular weight is 745 g/mol. The van der Waals surface area contributed by atoms with Gasteiger partial charge in [-0.05, 0) is 70.6 Å². The summed E-state index contributed by atoms with van der Waals surface area (Å²) < 4.78 is 16.6. The Hall–Kier alpha value is -2.37. The van der Waals surface area contributed by atoms with Crippen LogP contribution in [-0.4, -0.2) is 37.2 Å². The van der Waals surface area contributed by atoms with Gasteiger partial charge in [0.05, 0.1) is 0 Å². The first-order valence-electron chi connectivity index (χ1n) is 22.5. The summed E-state index contributed by atoms with van der Waals surface area (Å²) in [4.78, 5) is 37.4. The fraction of sp³-hybridized carbons (Fsp3) is 0.809. The van der Waals surface area contributed by atoms with Gasteiger partial charge in [-0.2, -0.15) is 0 Å². The SMILES string of the molecule is CCCC/C=C\C/C=C\CCCCCCCC(=O)OC(COC(=O)CCCCCCC)COC(=O)CCCCCCC/C=C\CCCCCCCCC. The molecule has 0 radical (unpaired) electrons. The molecule has 0 amide bonds. The molecule has 0 aromatic rings. The van der Waals surface area contributed by atoms with Gasteiger partial charge in [0.2, 0.25) is 0 Å². The number of carbonyl (C=O) groups is 3. The first kappa shape index (κ1) is 50.6. The van der Waals surface area contributed by atoms with Gasteiger partial charge < -0.3 is 14.2 Å². The van der Waals surface area contributed by atoms with Crippen LogP contribution in [0.4, 0.5) is 0 Å². The number of allylic oxidation sites excluding steroid dienone is 6. The number of unbranched alkanes of at least 4 members (excludes halogenated alkanes) is 23. The Balaban J connectivity index is 4.25. The number of esters is 3. The highest BCUT2D eigenvalue weighted by Crippen LogP contribution is 2.13. The van der Waals surface area contributed by atoms with Crippen molar-refractivity contribution >= 4 is 17.9 Å². The highest BCUT2D eigenvalue weighted by Gasteiger charge is 2.19. The second-order valence-corrected chi connectivity index (χ2v) is 15.0. The molecule has 0 saturated carbocycles. The van der Waals surface area contributed by atoms with Crippen LogP contribution in [0.5, 0.6) is 0 Å². The van der Waals surface area contributed by atoms with Crippen LogP contribution in [0.3, 0.4) is 0 Å². The molecule has 0 aliphatic heterocycles. The first-order valence-corrected chi connectivity index (χ1v) is 22.5. The summed E-state index contributed by atoms with van der Waals surface area (Å²) in [5, 5.41) is 0. The molecule has 1 unspecified atom stereocenters. The van der Waals surface area contributed by atoms with E-state index in [-0.39, 0.29) is 31.1 Å². The molecule has 308 valence electrons. The van der Waals surface area contributed by atoms with Crippen LogP contribution in [0.2, 0.25) is 0 Å². The van der Waals surface area contributed by atoms with Gasteiger partial charge in [0.1, 0.15) is 13.2 Å². The van der Waals surface area contributed by atoms with Crippen LogP contribution >= 0.6 is 0 Å². The fourth-order valence-electron chi connectivity index (χ4n) is 6.16. The summed E-state index contributed by atoms with van der Waals surface area (Å²) >= 11 is 0. The summed E-state index contributed by atoms with van der Waals surface area (Å²) in [5.41, 5.74) is 0. The van der Waals surface area contributed by atoms with Gasteiger partial charge in [-0.25, -0.2) is 0 Å². The molecular weight excluding hydrogens is 661 g/mol. The second-order valence-electron chi connectivity index (χ2n) is 15.0. The van der Waals surface area contributed by atoms with Crippen LogP contribution < -0.4 is 0 Å². The van der Waals surface area contributed by atoms with Crippen molar-refractivity contribution in [3.63, 3.8) is 0 Å². The van der Waals surface area contributed by atoms with Gasteiger partial charge in [0.25, 0.3) is 0 Å². The normalized spacial score (nSPS) is 12.3. The second kappa shape index (κ2) is 42.4. The highest BCUT2D eigenvalue weighted by molar-refractivity contribution is 5.71. The van der Waals surface area contributed by atoms with Crippen LogP contribution in [0.15, 0.2) is 36.5 Å². The molecule has 0 aliphatic carbocycles. The number of rotatable bonds is 40. The van der Waals surface area contributed by atoms with E-state index in [1.54, 1.807) is 0 Å². The molecule has 6 nitrogen and oxygen atoms in total. The molecule has 0 aromatic carbocycles. The third kappa shape index (κ3) is 40.6. The average Bonchev–Trinajstić information content (AvgIpc) is 3.15. The van der Waals surface area contributed by atoms with E-state index in [1.165, 1.54) is 89.9 Å². The van der Waals surface area contributed by atoms with Crippen molar-refractivity contribution in [1.29, 1.82) is 0 Å². The van der Waals surface area contributed by atoms with Gasteiger partial charge in [-0.1, -0.05) is 173 Å². The van der Waals surface area contributed by atoms with Crippen LogP contribution in [-0.2, 0) is 28.6 Å². The maximum atomic E-state index is 12.6. The molecular formula is C47H84O6. The lowest BCUT2D eigenvalue weighted by atomic mass is 10.1. The molecule has 0 saturated heterocycles. The lowest BCUT2D eigenvalue weighted by Gasteiger charge is -2.18. The van der Waals surface area contributed by atoms with Crippen LogP contribution in [0.1, 0.15) is 226 Å². The molecule has 0 bridgehead atoms. The minimum absolute atomic E-state index is 0.0810. The third-order valence-electron chi connectivity index (χ3n) is 9.62. The Morgan fingerprint density at radius 1 is 0.377 bits per heavy atom. The summed E-state index contributed by atoms with van der Waals surface area (Å²) in [6.45, 7) is 6.48. The van der Waals surface area contributed by atoms with E-state index in [4.69, 9.17) is 14.2 Å². The molecule has 0 rings (SSSR count). The Labute approximate surface area is 327 Å². The van der Waals surface area contributed by atoms with Crippen molar-refractivity contribution < 1.29 is 28.6 Å². The molecule has 0 aromatic heterocycles. The lowest BCUT2D eigenvalue weighted by molar-refractivity contribution is -0.167. The predicted octanol–water partition coefficient (Wildman–Crippen LogP) is 14.2. The van der Waals surface area contributed by atoms with Gasteiger partial charge in [-0.3, -0.25) is 14.4 Å². The summed E-state index contributed by atoms with van der Waals surface area (Å²) in [7, 11) is 0. The number of hydrogen-bond donors (Lipinski definition) is 0. The molecule has 0 fully saturated rings. The molecule has 0 heterocycles. The monoisotopic (exact) mass is 745 g/mol. The zero-order valence-corrected chi connectivity index (χ0v) is 35.0. The number of ether oxygens (including phenoxy) is 3. The van der Waals surface area contributed by atoms with Crippen LogP contribution in [0.25, 0.3) is 0 Å². The van der Waals surface area contributed by atoms with Crippen molar-refractivity contribution in [3.8, 4) is 0 Å². The Morgan fingerprint density at radius 3 is 1.11 bits per heavy atom. The fourth-order valence-corrected chi connectivity index (χ4v) is 6.16. The zero-order valence-electron chi connectivity index (χ0n) is 35.0. The van der Waals surface area contributed by atoms with Gasteiger partial charge in [-0.15, -0.1) is 0 Å². The summed E-state index contributed by atoms with van der Waals surface area (Å²) in [6.07, 6.45) is 47.2. The minimum atomic E-state index is -0.775. The van der Waals surface area contributed by atoms with E-state index in [0.717, 1.165) is 96.3 Å². The number of carbonyl (C=O) groups excluding carboxylic acids is 3. The quantitative estimate of drug-likeness (QED) is 0.0269. The largest absolute Gasteiger partial charge is 0.462 e. The first-order chi connectivity index (χ1) is 26.0. The van der Waals surface area contributed by atoms with E-state index in [9.17, 15) is 14.4 Å². The van der Waals surface area contributed by atoms with Crippen molar-refractivity contribution in [2.75, 3.05) is 13.2 Å². The molecule has 0 aliphatic rings. The Morgan fingerprint density at radius 2 is 0.698 bits per heavy atom. The van der Waals surface area contributed by atoms with Gasteiger partial charge in [0.15, 0.2) is 6.10 Å². The predicted molar refractivity (Wildman–Crippen MR) is 224 cm³/mol. The molecule has 0 N–H and O–H groups in total. The van der Waals surface area contributed by atoms with E-state index >= 15 is 0 Å². The molecule has 53 heavy (non-hydrogen) atoms. The Bertz CT molecular complexity index is 907. The van der Waals surface area contributed by atoms with Crippen molar-refractivity contribution in [3.05, 3.63) is 36.5 Å². The third-order valence-corrected chi connectivity index (χ3v) is 9.62. The molecule has 0 spiro atoms. The highest BCUT2D eigenvalue weighted by atomic mass is 16.6. The van der Waals surface area contributed by atoms with E-state index in [2.05, 4.69) is 57.2 Å². The van der Waals surface area contributed by atoms with Gasteiger partial charge >= 0.3 is 17.9 Å². The van der Waals surface area contributed by atoms with Crippen molar-refractivity contribution in [1.82, 2.24) is 0 Å². The minimum Gasteiger partial charge on any atom is -0.462 e. The Kier molecular flexibility index (Phi) is 40.5. The maximum Gasteiger partial charge on any atom is 0.306 e. The standard InChI is InChI=1S/C47H84O6/c1-4-7-10-13-15-17-19-21-23-24-26-27-29-31-34-37-40-46(49)52-43-44(42-51-45(48)39-36-33-12-9-6-3)53-47(50)41-38-35-32-30-28-25-22-20-18-16-14-11-8-5-2/h14,16,20,22-24,44H,4-13,15,17-19,21,25-43H2,1-3H3/b16-14-,22-20-,24-23-. The summed E-state index contributed by atoms with van der Waals surface area (Å²) in [6, 6.07) is 0. The number of hydrogen-bond acceptors (Lipinski definition) is 6. The van der Waals surface area contributed by atoms with Gasteiger partial charge in [0, 0.05) is 19.3 Å². The maximum absolute atomic E-state index is 12.6. The van der Waals surface area contributed by atoms with E-state index < -0.39 is 6.10 Å². The van der Waals surface area contributed by atoms with E-state index in [0.29, 0.717) is 19.3 Å². The topological polar surface area (TPSA) is 78.9 Å². The lowest BCUT2D eigenvalue weighted by Crippen LogP contribution is -2.30. The molecule has 1 atom stereocenters. The molecule has 6 heteroatoms. The smallest absolute Gasteiger partial charge is 0.306 e. The van der Waals surface area contributed by atoms with E-state index in [1.807, 2.05) is 0 Å².